The molecule has 2 heterocycles. The molecular weight excluding hydrogens is 440 g/mol. The van der Waals surface area contributed by atoms with Crippen molar-refractivity contribution in [1.82, 2.24) is 9.88 Å². The molecule has 0 saturated carbocycles. The maximum atomic E-state index is 12.9. The lowest BCUT2D eigenvalue weighted by atomic mass is 9.88. The van der Waals surface area contributed by atoms with E-state index in [0.717, 1.165) is 28.4 Å². The van der Waals surface area contributed by atoms with Crippen LogP contribution < -0.4 is 0 Å². The van der Waals surface area contributed by atoms with E-state index in [0.29, 0.717) is 5.56 Å². The van der Waals surface area contributed by atoms with Crippen LogP contribution in [0, 0.1) is 0 Å². The van der Waals surface area contributed by atoms with Gasteiger partial charge in [-0.1, -0.05) is 30.3 Å². The number of hydrogen-bond acceptors (Lipinski definition) is 5. The number of nitrogens with zero attached hydrogens (tertiary/aromatic N) is 1. The molecule has 0 unspecified atom stereocenters. The van der Waals surface area contributed by atoms with Crippen molar-refractivity contribution in [2.24, 2.45) is 0 Å². The van der Waals surface area contributed by atoms with E-state index in [1.807, 2.05) is 24.3 Å². The van der Waals surface area contributed by atoms with Gasteiger partial charge in [0.05, 0.1) is 18.0 Å². The van der Waals surface area contributed by atoms with Gasteiger partial charge in [0.2, 0.25) is 5.91 Å². The third-order valence-electron chi connectivity index (χ3n) is 5.63. The van der Waals surface area contributed by atoms with Gasteiger partial charge in [0.25, 0.3) is 0 Å². The Morgan fingerprint density at radius 1 is 1.16 bits per heavy atom. The van der Waals surface area contributed by atoms with E-state index in [1.54, 1.807) is 12.1 Å². The maximum absolute atomic E-state index is 12.9. The lowest BCUT2D eigenvalue weighted by Gasteiger charge is -2.40. The smallest absolute Gasteiger partial charge is 0.328 e. The summed E-state index contributed by atoms with van der Waals surface area (Å²) in [4.78, 5) is 30.6. The van der Waals surface area contributed by atoms with Crippen molar-refractivity contribution in [3.05, 3.63) is 65.4 Å². The van der Waals surface area contributed by atoms with Gasteiger partial charge in [-0.2, -0.15) is 0 Å². The standard InChI is InChI=1S/C22H21ClN2O5S/c1-30-22(27)18-11-16-15-5-3-4-6-17(15)24-20(16)21(25(18)19(26)12-23)13-7-9-14(10-8-13)31(2,28)29/h3-10,18,21,24H,11-12H2,1-2H3/t18-,21+/m1/s1. The van der Waals surface area contributed by atoms with Crippen molar-refractivity contribution in [2.45, 2.75) is 23.4 Å². The maximum Gasteiger partial charge on any atom is 0.328 e. The predicted octanol–water partition coefficient (Wildman–Crippen LogP) is 2.83. The molecule has 0 radical (unpaired) electrons. The number of hydrogen-bond donors (Lipinski definition) is 1. The zero-order valence-corrected chi connectivity index (χ0v) is 18.5. The van der Waals surface area contributed by atoms with Crippen molar-refractivity contribution in [1.29, 1.82) is 0 Å². The minimum Gasteiger partial charge on any atom is -0.467 e. The van der Waals surface area contributed by atoms with E-state index >= 15 is 0 Å². The Kier molecular flexibility index (Phi) is 5.53. The van der Waals surface area contributed by atoms with E-state index in [9.17, 15) is 18.0 Å². The highest BCUT2D eigenvalue weighted by atomic mass is 35.5. The number of esters is 1. The van der Waals surface area contributed by atoms with Gasteiger partial charge in [0, 0.05) is 29.3 Å². The molecule has 0 spiro atoms. The number of para-hydroxylation sites is 1. The summed E-state index contributed by atoms with van der Waals surface area (Å²) in [5.74, 6) is -1.26. The van der Waals surface area contributed by atoms with Gasteiger partial charge in [-0.3, -0.25) is 4.79 Å². The zero-order valence-electron chi connectivity index (χ0n) is 17.0. The highest BCUT2D eigenvalue weighted by molar-refractivity contribution is 7.90. The molecule has 1 amide bonds. The van der Waals surface area contributed by atoms with E-state index in [1.165, 1.54) is 24.1 Å². The average molecular weight is 461 g/mol. The monoisotopic (exact) mass is 460 g/mol. The fraction of sp³-hybridized carbons (Fsp3) is 0.273. The molecule has 162 valence electrons. The molecule has 1 aliphatic heterocycles. The zero-order chi connectivity index (χ0) is 22.3. The molecule has 0 fully saturated rings. The number of nitrogens with one attached hydrogen (secondary N) is 1. The number of aromatic nitrogens is 1. The molecule has 0 aliphatic carbocycles. The van der Waals surface area contributed by atoms with E-state index < -0.39 is 33.8 Å². The number of methoxy groups -OCH3 is 1. The Morgan fingerprint density at radius 3 is 2.45 bits per heavy atom. The third kappa shape index (κ3) is 3.70. The number of H-pyrrole nitrogens is 1. The highest BCUT2D eigenvalue weighted by Gasteiger charge is 2.43. The van der Waals surface area contributed by atoms with Crippen molar-refractivity contribution in [3.63, 3.8) is 0 Å². The summed E-state index contributed by atoms with van der Waals surface area (Å²) < 4.78 is 28.8. The number of alkyl halides is 1. The van der Waals surface area contributed by atoms with Crippen LogP contribution in [0.5, 0.6) is 0 Å². The van der Waals surface area contributed by atoms with Crippen molar-refractivity contribution in [3.8, 4) is 0 Å². The van der Waals surface area contributed by atoms with Crippen molar-refractivity contribution in [2.75, 3.05) is 19.2 Å². The van der Waals surface area contributed by atoms with Crippen LogP contribution in [-0.4, -0.2) is 55.5 Å². The second kappa shape index (κ2) is 8.01. The summed E-state index contributed by atoms with van der Waals surface area (Å²) in [6.07, 6.45) is 1.42. The van der Waals surface area contributed by atoms with Crippen LogP contribution in [0.25, 0.3) is 10.9 Å². The second-order valence-electron chi connectivity index (χ2n) is 7.48. The van der Waals surface area contributed by atoms with Crippen LogP contribution in [0.1, 0.15) is 22.9 Å². The molecule has 1 aromatic heterocycles. The molecule has 0 saturated heterocycles. The molecular formula is C22H21ClN2O5S. The molecule has 2 atom stereocenters. The summed E-state index contributed by atoms with van der Waals surface area (Å²) in [6.45, 7) is 0. The number of fused-ring (bicyclic) bond motifs is 3. The lowest BCUT2D eigenvalue weighted by Crippen LogP contribution is -2.52. The fourth-order valence-electron chi connectivity index (χ4n) is 4.23. The van der Waals surface area contributed by atoms with Crippen molar-refractivity contribution >= 4 is 44.2 Å². The Hall–Kier alpha value is -2.84. The summed E-state index contributed by atoms with van der Waals surface area (Å²) in [5, 5.41) is 0.960. The van der Waals surface area contributed by atoms with Gasteiger partial charge in [0.15, 0.2) is 9.84 Å². The Labute approximate surface area is 184 Å². The number of carbonyl (C=O) groups excluding carboxylic acids is 2. The summed E-state index contributed by atoms with van der Waals surface area (Å²) in [5.41, 5.74) is 3.23. The largest absolute Gasteiger partial charge is 0.467 e. The van der Waals surface area contributed by atoms with Gasteiger partial charge >= 0.3 is 5.97 Å². The second-order valence-corrected chi connectivity index (χ2v) is 9.77. The minimum absolute atomic E-state index is 0.170. The van der Waals surface area contributed by atoms with Gasteiger partial charge in [-0.25, -0.2) is 13.2 Å². The predicted molar refractivity (Wildman–Crippen MR) is 117 cm³/mol. The van der Waals surface area contributed by atoms with E-state index in [2.05, 4.69) is 4.98 Å². The van der Waals surface area contributed by atoms with Crippen LogP contribution in [0.15, 0.2) is 53.4 Å². The number of ether oxygens (including phenoxy) is 1. The Morgan fingerprint density at radius 2 is 1.84 bits per heavy atom. The molecule has 3 aromatic rings. The molecule has 2 aromatic carbocycles. The normalized spacial score (nSPS) is 18.6. The van der Waals surface area contributed by atoms with Crippen LogP contribution >= 0.6 is 11.6 Å². The number of amides is 1. The number of benzene rings is 2. The first-order valence-electron chi connectivity index (χ1n) is 9.60. The number of rotatable bonds is 4. The summed E-state index contributed by atoms with van der Waals surface area (Å²) >= 11 is 5.91. The SMILES string of the molecule is COC(=O)[C@H]1Cc2c([nH]c3ccccc23)[C@H](c2ccc(S(C)(=O)=O)cc2)N1C(=O)CCl. The first-order chi connectivity index (χ1) is 14.8. The van der Waals surface area contributed by atoms with Crippen LogP contribution in [0.4, 0.5) is 0 Å². The minimum atomic E-state index is -3.38. The number of sulfone groups is 1. The number of carbonyl (C=O) groups is 2. The first-order valence-corrected chi connectivity index (χ1v) is 12.0. The van der Waals surface area contributed by atoms with Gasteiger partial charge < -0.3 is 14.6 Å². The molecule has 4 rings (SSSR count). The number of halogens is 1. The molecule has 1 aliphatic rings. The topological polar surface area (TPSA) is 96.5 Å². The highest BCUT2D eigenvalue weighted by Crippen LogP contribution is 2.41. The Balaban J connectivity index is 1.96. The molecule has 0 bridgehead atoms. The van der Waals surface area contributed by atoms with Crippen LogP contribution in [0.2, 0.25) is 0 Å². The van der Waals surface area contributed by atoms with E-state index in [4.69, 9.17) is 16.3 Å². The third-order valence-corrected chi connectivity index (χ3v) is 6.99. The molecule has 1 N–H and O–H groups in total. The number of aromatic amines is 1. The summed E-state index contributed by atoms with van der Waals surface area (Å²) in [6, 6.07) is 12.5. The fourth-order valence-corrected chi connectivity index (χ4v) is 5.00. The molecule has 7 nitrogen and oxygen atoms in total. The van der Waals surface area contributed by atoms with Crippen molar-refractivity contribution < 1.29 is 22.7 Å². The van der Waals surface area contributed by atoms with Gasteiger partial charge in [-0.15, -0.1) is 11.6 Å². The average Bonchev–Trinajstić information content (AvgIpc) is 3.14. The molecule has 31 heavy (non-hydrogen) atoms. The first kappa shape index (κ1) is 21.4. The van der Waals surface area contributed by atoms with E-state index in [-0.39, 0.29) is 17.2 Å². The van der Waals surface area contributed by atoms with Crippen LogP contribution in [-0.2, 0) is 30.6 Å². The summed E-state index contributed by atoms with van der Waals surface area (Å²) in [7, 11) is -2.09. The quantitative estimate of drug-likeness (QED) is 0.477. The Bertz CT molecular complexity index is 1270. The van der Waals surface area contributed by atoms with Gasteiger partial charge in [0.1, 0.15) is 11.9 Å². The van der Waals surface area contributed by atoms with Gasteiger partial charge in [-0.05, 0) is 29.3 Å². The molecule has 9 heteroatoms. The van der Waals surface area contributed by atoms with Crippen LogP contribution in [0.3, 0.4) is 0 Å². The lowest BCUT2D eigenvalue weighted by molar-refractivity contribution is -0.154.